The molecule has 2 saturated carbocycles. The van der Waals surface area contributed by atoms with E-state index in [2.05, 4.69) is 34.9 Å². The third-order valence-electron chi connectivity index (χ3n) is 8.15. The summed E-state index contributed by atoms with van der Waals surface area (Å²) in [5.41, 5.74) is -0.359. The van der Waals surface area contributed by atoms with Crippen LogP contribution in [0.15, 0.2) is 0 Å². The van der Waals surface area contributed by atoms with Crippen LogP contribution >= 0.6 is 0 Å². The molecule has 148 valence electrons. The number of hydrogen-bond acceptors (Lipinski definition) is 3. The van der Waals surface area contributed by atoms with E-state index in [1.165, 1.54) is 25.7 Å². The van der Waals surface area contributed by atoms with Crippen LogP contribution in [0.5, 0.6) is 0 Å². The summed E-state index contributed by atoms with van der Waals surface area (Å²) >= 11 is 0. The summed E-state index contributed by atoms with van der Waals surface area (Å²) in [6.45, 7) is 8.90. The van der Waals surface area contributed by atoms with Crippen molar-refractivity contribution in [1.29, 1.82) is 0 Å². The number of fused-ring (bicyclic) bond motifs is 1. The molecule has 2 aliphatic carbocycles. The quantitative estimate of drug-likeness (QED) is 0.312. The van der Waals surface area contributed by atoms with Gasteiger partial charge < -0.3 is 14.0 Å². The van der Waals surface area contributed by atoms with E-state index in [0.717, 1.165) is 36.8 Å². The van der Waals surface area contributed by atoms with Gasteiger partial charge in [-0.3, -0.25) is 4.79 Å². The molecule has 1 spiro atoms. The minimum absolute atomic E-state index is 0.0352. The summed E-state index contributed by atoms with van der Waals surface area (Å²) in [7, 11) is 4.57. The molecule has 2 saturated heterocycles. The molecule has 3 unspecified atom stereocenters. The zero-order valence-corrected chi connectivity index (χ0v) is 17.4. The molecule has 4 rings (SSSR count). The number of carbonyl (C=O) groups is 1. The number of epoxide rings is 1. The number of hydrogen-bond donors (Lipinski definition) is 0. The number of ether oxygens (including phenoxy) is 2. The second kappa shape index (κ2) is 6.20. The van der Waals surface area contributed by atoms with E-state index in [1.807, 2.05) is 0 Å². The van der Waals surface area contributed by atoms with Crippen LogP contribution in [0.25, 0.3) is 0 Å². The molecule has 4 heteroatoms. The molecule has 4 fully saturated rings. The molecular weight excluding hydrogens is 326 g/mol. The Balaban J connectivity index is 1.57. The smallest absolute Gasteiger partial charge is 0.315 e. The molecule has 26 heavy (non-hydrogen) atoms. The normalized spacial score (nSPS) is 47.0. The average molecular weight is 365 g/mol. The van der Waals surface area contributed by atoms with Crippen molar-refractivity contribution in [3.63, 3.8) is 0 Å². The van der Waals surface area contributed by atoms with Gasteiger partial charge >= 0.3 is 5.97 Å². The van der Waals surface area contributed by atoms with E-state index in [0.29, 0.717) is 17.8 Å². The Morgan fingerprint density at radius 1 is 1.15 bits per heavy atom. The van der Waals surface area contributed by atoms with Gasteiger partial charge in [-0.25, -0.2) is 0 Å². The molecule has 2 aliphatic heterocycles. The Labute approximate surface area is 159 Å². The van der Waals surface area contributed by atoms with Gasteiger partial charge in [0.15, 0.2) is 0 Å². The van der Waals surface area contributed by atoms with Gasteiger partial charge in [0.2, 0.25) is 0 Å². The molecule has 0 aromatic rings. The molecular formula is C22H38NO3+. The van der Waals surface area contributed by atoms with Crippen LogP contribution in [0.3, 0.4) is 0 Å². The second-order valence-corrected chi connectivity index (χ2v) is 10.5. The number of quaternary nitrogens is 1. The van der Waals surface area contributed by atoms with Gasteiger partial charge in [-0.1, -0.05) is 20.3 Å². The first-order chi connectivity index (χ1) is 12.2. The maximum atomic E-state index is 13.1. The van der Waals surface area contributed by atoms with E-state index < -0.39 is 0 Å². The van der Waals surface area contributed by atoms with Gasteiger partial charge in [-0.05, 0) is 51.4 Å². The maximum absolute atomic E-state index is 13.1. The first-order valence-corrected chi connectivity index (χ1v) is 11.0. The molecule has 4 aliphatic rings. The predicted molar refractivity (Wildman–Crippen MR) is 102 cm³/mol. The zero-order chi connectivity index (χ0) is 18.7. The minimum atomic E-state index is -0.324. The monoisotopic (exact) mass is 364 g/mol. The highest BCUT2D eigenvalue weighted by Crippen LogP contribution is 2.66. The molecule has 0 aromatic heterocycles. The van der Waals surface area contributed by atoms with Crippen LogP contribution in [0.4, 0.5) is 0 Å². The van der Waals surface area contributed by atoms with E-state index in [-0.39, 0.29) is 29.2 Å². The van der Waals surface area contributed by atoms with Crippen molar-refractivity contribution in [2.75, 3.05) is 27.2 Å². The lowest BCUT2D eigenvalue weighted by molar-refractivity contribution is -0.893. The first-order valence-electron chi connectivity index (χ1n) is 11.0. The molecule has 0 aromatic carbocycles. The summed E-state index contributed by atoms with van der Waals surface area (Å²) in [6.07, 6.45) is 8.54. The predicted octanol–water partition coefficient (Wildman–Crippen LogP) is 3.78. The fourth-order valence-electron chi connectivity index (χ4n) is 6.67. The van der Waals surface area contributed by atoms with E-state index >= 15 is 0 Å². The van der Waals surface area contributed by atoms with Crippen molar-refractivity contribution in [3.05, 3.63) is 0 Å². The van der Waals surface area contributed by atoms with Crippen molar-refractivity contribution in [3.8, 4) is 0 Å². The zero-order valence-electron chi connectivity index (χ0n) is 17.4. The van der Waals surface area contributed by atoms with Crippen molar-refractivity contribution in [2.45, 2.75) is 83.0 Å². The lowest BCUT2D eigenvalue weighted by Crippen LogP contribution is -2.59. The topological polar surface area (TPSA) is 38.8 Å². The molecule has 7 atom stereocenters. The van der Waals surface area contributed by atoms with Crippen LogP contribution in [0.2, 0.25) is 0 Å². The first kappa shape index (κ1) is 18.7. The fraction of sp³-hybridized carbons (Fsp3) is 0.955. The van der Waals surface area contributed by atoms with Gasteiger partial charge in [0.05, 0.1) is 32.8 Å². The summed E-state index contributed by atoms with van der Waals surface area (Å²) in [5, 5.41) is 0. The maximum Gasteiger partial charge on any atom is 0.315 e. The van der Waals surface area contributed by atoms with Crippen molar-refractivity contribution >= 4 is 5.97 Å². The summed E-state index contributed by atoms with van der Waals surface area (Å²) in [4.78, 5) is 13.1. The summed E-state index contributed by atoms with van der Waals surface area (Å²) in [5.74, 6) is 1.60. The molecule has 4 nitrogen and oxygen atoms in total. The molecule has 0 N–H and O–H groups in total. The van der Waals surface area contributed by atoms with Crippen molar-refractivity contribution in [2.24, 2.45) is 23.7 Å². The van der Waals surface area contributed by atoms with Crippen molar-refractivity contribution < 1.29 is 18.8 Å². The lowest BCUT2D eigenvalue weighted by Gasteiger charge is -2.50. The Hall–Kier alpha value is -0.610. The number of nitrogens with zero attached hydrogens (tertiary/aromatic N) is 1. The number of rotatable bonds is 6. The van der Waals surface area contributed by atoms with Gasteiger partial charge in [0.1, 0.15) is 17.6 Å². The summed E-state index contributed by atoms with van der Waals surface area (Å²) < 4.78 is 13.5. The molecule has 0 bridgehead atoms. The second-order valence-electron chi connectivity index (χ2n) is 10.5. The highest BCUT2D eigenvalue weighted by atomic mass is 16.7. The van der Waals surface area contributed by atoms with E-state index in [4.69, 9.17) is 9.47 Å². The lowest BCUT2D eigenvalue weighted by atomic mass is 9.55. The Morgan fingerprint density at radius 2 is 1.92 bits per heavy atom. The van der Waals surface area contributed by atoms with Crippen LogP contribution in [-0.2, 0) is 14.3 Å². The van der Waals surface area contributed by atoms with Crippen LogP contribution in [0.1, 0.15) is 65.7 Å². The highest BCUT2D eigenvalue weighted by molar-refractivity contribution is 5.77. The van der Waals surface area contributed by atoms with Crippen molar-refractivity contribution in [1.82, 2.24) is 0 Å². The van der Waals surface area contributed by atoms with Gasteiger partial charge in [0.25, 0.3) is 0 Å². The molecule has 2 heterocycles. The Morgan fingerprint density at radius 3 is 2.65 bits per heavy atom. The Bertz CT molecular complexity index is 576. The summed E-state index contributed by atoms with van der Waals surface area (Å²) in [6, 6.07) is 0. The number of unbranched alkanes of at least 4 members (excludes halogenated alkanes) is 2. The molecule has 0 amide bonds. The largest absolute Gasteiger partial charge is 0.455 e. The van der Waals surface area contributed by atoms with Crippen LogP contribution < -0.4 is 0 Å². The van der Waals surface area contributed by atoms with E-state index in [9.17, 15) is 4.79 Å². The van der Waals surface area contributed by atoms with Gasteiger partial charge in [0, 0.05) is 11.8 Å². The average Bonchev–Trinajstić information content (AvgIpc) is 3.19. The van der Waals surface area contributed by atoms with Gasteiger partial charge in [-0.15, -0.1) is 0 Å². The molecule has 0 radical (unpaired) electrons. The minimum Gasteiger partial charge on any atom is -0.455 e. The van der Waals surface area contributed by atoms with E-state index in [1.54, 1.807) is 0 Å². The third kappa shape index (κ3) is 2.74. The standard InChI is InChI=1S/C22H38NO3/c1-6-7-8-13-23(4,5)14-16-18-10-9-15(2)17-11-12-21(3)20(26-21)22(17,18)25-19(16)24/h15-18,20H,6-14H2,1-5H3/q+1/t15-,16?,17?,18?,20-,21-,22-/m1/s1. The van der Waals surface area contributed by atoms with Crippen LogP contribution in [0, 0.1) is 23.7 Å². The van der Waals surface area contributed by atoms with Crippen LogP contribution in [-0.4, -0.2) is 54.9 Å². The number of esters is 1. The fourth-order valence-corrected chi connectivity index (χ4v) is 6.67. The SMILES string of the molecule is CCCCC[N+](C)(C)CC1C(=O)O[C@@]23C1CC[C@@H](C)C2CC[C@@]1(C)O[C@@H]31. The Kier molecular flexibility index (Phi) is 4.47. The number of carbonyl (C=O) groups excluding carboxylic acids is 1. The third-order valence-corrected chi connectivity index (χ3v) is 8.15. The highest BCUT2D eigenvalue weighted by Gasteiger charge is 2.77. The van der Waals surface area contributed by atoms with Gasteiger partial charge in [-0.2, -0.15) is 0 Å².